The van der Waals surface area contributed by atoms with Crippen molar-refractivity contribution in [2.45, 2.75) is 38.6 Å². The van der Waals surface area contributed by atoms with Crippen molar-refractivity contribution in [2.75, 3.05) is 0 Å². The first kappa shape index (κ1) is 11.2. The molecule has 2 atom stereocenters. The van der Waals surface area contributed by atoms with E-state index in [1.54, 1.807) is 28.2 Å². The number of fused-ring (bicyclic) bond motifs is 1. The van der Waals surface area contributed by atoms with Crippen LogP contribution in [0.4, 0.5) is 0 Å². The van der Waals surface area contributed by atoms with Gasteiger partial charge in [-0.3, -0.25) is 0 Å². The van der Waals surface area contributed by atoms with E-state index < -0.39 is 0 Å². The van der Waals surface area contributed by atoms with Gasteiger partial charge in [0.2, 0.25) is 0 Å². The zero-order chi connectivity index (χ0) is 10.8. The van der Waals surface area contributed by atoms with Crippen LogP contribution >= 0.6 is 11.3 Å². The van der Waals surface area contributed by atoms with E-state index in [0.29, 0.717) is 12.5 Å². The molecule has 1 aliphatic rings. The average molecular weight is 286 g/mol. The van der Waals surface area contributed by atoms with Crippen molar-refractivity contribution in [1.29, 1.82) is 0 Å². The van der Waals surface area contributed by atoms with Crippen LogP contribution in [0.25, 0.3) is 0 Å². The molecule has 5 heteroatoms. The number of aromatic nitrogens is 1. The minimum atomic E-state index is 0.161. The first-order chi connectivity index (χ1) is 7.19. The first-order valence-corrected chi connectivity index (χ1v) is 7.25. The zero-order valence-electron chi connectivity index (χ0n) is 8.75. The maximum atomic E-state index is 11.3. The van der Waals surface area contributed by atoms with E-state index >= 15 is 0 Å². The van der Waals surface area contributed by atoms with Gasteiger partial charge in [-0.15, -0.1) is 0 Å². The Balaban J connectivity index is 2.02. The average Bonchev–Trinajstić information content (AvgIpc) is 2.57. The van der Waals surface area contributed by atoms with Crippen LogP contribution in [0.3, 0.4) is 0 Å². The Morgan fingerprint density at radius 1 is 1.73 bits per heavy atom. The second-order valence-corrected chi connectivity index (χ2v) is 6.92. The van der Waals surface area contributed by atoms with Gasteiger partial charge in [0.1, 0.15) is 0 Å². The number of aryl methyl sites for hydroxylation is 1. The van der Waals surface area contributed by atoms with Crippen LogP contribution in [0, 0.1) is 0 Å². The standard InChI is InChI=1S/C10H15AsN2OS/c1-2-9(14)12-6-3-4-7-8(5-6)15-10(11)13-7/h6H,2-5,11H2,1H3,(H,12,14)/t6-/m0/s1. The molecule has 0 saturated carbocycles. The van der Waals surface area contributed by atoms with Crippen molar-refractivity contribution in [3.05, 3.63) is 10.6 Å². The molecule has 82 valence electrons. The summed E-state index contributed by atoms with van der Waals surface area (Å²) < 4.78 is 1.20. The van der Waals surface area contributed by atoms with Crippen molar-refractivity contribution in [1.82, 2.24) is 10.3 Å². The molecule has 0 bridgehead atoms. The molecule has 0 aromatic carbocycles. The molecule has 15 heavy (non-hydrogen) atoms. The van der Waals surface area contributed by atoms with Gasteiger partial charge in [0.25, 0.3) is 0 Å². The predicted octanol–water partition coefficient (Wildman–Crippen LogP) is -0.215. The van der Waals surface area contributed by atoms with Crippen LogP contribution in [0.15, 0.2) is 0 Å². The van der Waals surface area contributed by atoms with Crippen molar-refractivity contribution >= 4 is 37.9 Å². The molecule has 1 N–H and O–H groups in total. The number of nitrogens with one attached hydrogen (secondary N) is 1. The Labute approximate surface area is 102 Å². The normalized spacial score (nSPS) is 19.7. The summed E-state index contributed by atoms with van der Waals surface area (Å²) >= 11 is 3.39. The van der Waals surface area contributed by atoms with E-state index in [-0.39, 0.29) is 5.91 Å². The second-order valence-electron chi connectivity index (χ2n) is 3.78. The number of hydrogen-bond donors (Lipinski definition) is 1. The van der Waals surface area contributed by atoms with Gasteiger partial charge in [0.05, 0.1) is 0 Å². The van der Waals surface area contributed by atoms with Crippen molar-refractivity contribution < 1.29 is 4.79 Å². The van der Waals surface area contributed by atoms with Gasteiger partial charge in [0.15, 0.2) is 0 Å². The third kappa shape index (κ3) is 2.61. The summed E-state index contributed by atoms with van der Waals surface area (Å²) in [6.45, 7) is 1.89. The molecule has 1 aliphatic carbocycles. The second kappa shape index (κ2) is 4.67. The van der Waals surface area contributed by atoms with Gasteiger partial charge in [0, 0.05) is 0 Å². The SMILES string of the molecule is CCC(=O)N[C@H]1CCc2nc([AsH2])sc2C1. The number of thiazole rings is 1. The van der Waals surface area contributed by atoms with Gasteiger partial charge >= 0.3 is 102 Å². The van der Waals surface area contributed by atoms with Gasteiger partial charge in [-0.1, -0.05) is 0 Å². The molecule has 1 unspecified atom stereocenters. The molecule has 1 aromatic rings. The van der Waals surface area contributed by atoms with Gasteiger partial charge in [-0.25, -0.2) is 0 Å². The van der Waals surface area contributed by atoms with Crippen LogP contribution in [-0.2, 0) is 17.6 Å². The molecule has 0 aliphatic heterocycles. The van der Waals surface area contributed by atoms with E-state index in [1.165, 1.54) is 14.4 Å². The molecule has 2 rings (SSSR count). The molecule has 0 fully saturated rings. The summed E-state index contributed by atoms with van der Waals surface area (Å²) in [5.41, 5.74) is 1.27. The number of rotatable bonds is 2. The van der Waals surface area contributed by atoms with Crippen LogP contribution in [0.5, 0.6) is 0 Å². The third-order valence-corrected chi connectivity index (χ3v) is 4.60. The summed E-state index contributed by atoms with van der Waals surface area (Å²) in [6, 6.07) is 0.331. The molecule has 0 spiro atoms. The summed E-state index contributed by atoms with van der Waals surface area (Å²) in [5.74, 6) is 0.161. The van der Waals surface area contributed by atoms with Crippen LogP contribution in [0.2, 0.25) is 0 Å². The Morgan fingerprint density at radius 2 is 2.53 bits per heavy atom. The molecule has 1 heterocycles. The molecule has 3 nitrogen and oxygen atoms in total. The van der Waals surface area contributed by atoms with E-state index in [1.807, 2.05) is 6.92 Å². The summed E-state index contributed by atoms with van der Waals surface area (Å²) in [7, 11) is 0. The monoisotopic (exact) mass is 286 g/mol. The zero-order valence-corrected chi connectivity index (χ0v) is 12.0. The van der Waals surface area contributed by atoms with E-state index in [2.05, 4.69) is 10.3 Å². The van der Waals surface area contributed by atoms with Gasteiger partial charge in [-0.05, 0) is 0 Å². The fourth-order valence-electron chi connectivity index (χ4n) is 1.85. The third-order valence-electron chi connectivity index (χ3n) is 2.64. The number of nitrogens with zero attached hydrogens (tertiary/aromatic N) is 1. The van der Waals surface area contributed by atoms with Crippen molar-refractivity contribution in [3.8, 4) is 0 Å². The van der Waals surface area contributed by atoms with Crippen LogP contribution in [0.1, 0.15) is 30.3 Å². The molecule has 0 radical (unpaired) electrons. The Hall–Kier alpha value is -0.342. The van der Waals surface area contributed by atoms with Crippen LogP contribution in [-0.4, -0.2) is 33.8 Å². The fraction of sp³-hybridized carbons (Fsp3) is 0.600. The summed E-state index contributed by atoms with van der Waals surface area (Å²) in [4.78, 5) is 17.2. The number of carbonyl (C=O) groups is 1. The molecular formula is C10H15AsN2OS. The minimum absolute atomic E-state index is 0.161. The van der Waals surface area contributed by atoms with Crippen molar-refractivity contribution in [2.24, 2.45) is 0 Å². The van der Waals surface area contributed by atoms with Gasteiger partial charge < -0.3 is 0 Å². The Bertz CT molecular complexity index is 377. The summed E-state index contributed by atoms with van der Waals surface area (Å²) in [5, 5.41) is 3.06. The molecule has 0 saturated heterocycles. The number of amides is 1. The predicted molar refractivity (Wildman–Crippen MR) is 64.5 cm³/mol. The fourth-order valence-corrected chi connectivity index (χ4v) is 4.03. The van der Waals surface area contributed by atoms with Crippen LogP contribution < -0.4 is 9.11 Å². The van der Waals surface area contributed by atoms with Crippen molar-refractivity contribution in [3.63, 3.8) is 0 Å². The number of carbonyl (C=O) groups excluding carboxylic acids is 1. The van der Waals surface area contributed by atoms with E-state index in [0.717, 1.165) is 19.3 Å². The van der Waals surface area contributed by atoms with E-state index in [4.69, 9.17) is 0 Å². The molecular weight excluding hydrogens is 271 g/mol. The Morgan fingerprint density at radius 3 is 3.27 bits per heavy atom. The molecule has 1 aromatic heterocycles. The first-order valence-electron chi connectivity index (χ1n) is 5.22. The van der Waals surface area contributed by atoms with E-state index in [9.17, 15) is 4.79 Å². The molecule has 1 amide bonds. The number of hydrogen-bond acceptors (Lipinski definition) is 3. The quantitative estimate of drug-likeness (QED) is 0.764. The Kier molecular flexibility index (Phi) is 3.47. The summed E-state index contributed by atoms with van der Waals surface area (Å²) in [6.07, 6.45) is 3.61. The maximum absolute atomic E-state index is 11.3. The topological polar surface area (TPSA) is 42.0 Å². The van der Waals surface area contributed by atoms with Gasteiger partial charge in [-0.2, -0.15) is 0 Å².